The lowest BCUT2D eigenvalue weighted by molar-refractivity contribution is -0.132. The van der Waals surface area contributed by atoms with Crippen LogP contribution in [0.3, 0.4) is 0 Å². The highest BCUT2D eigenvalue weighted by Crippen LogP contribution is 2.06. The molecule has 1 N–H and O–H groups in total. The molecular formula is C12H17N3O. The Kier molecular flexibility index (Phi) is 3.88. The van der Waals surface area contributed by atoms with E-state index >= 15 is 0 Å². The minimum absolute atomic E-state index is 0.255. The molecule has 0 saturated carbocycles. The van der Waals surface area contributed by atoms with Crippen LogP contribution in [0, 0.1) is 0 Å². The molecule has 1 aromatic rings. The van der Waals surface area contributed by atoms with Gasteiger partial charge in [0.25, 0.3) is 0 Å². The van der Waals surface area contributed by atoms with Crippen LogP contribution in [-0.2, 0) is 11.3 Å². The number of hydrogen-bond acceptors (Lipinski definition) is 3. The quantitative estimate of drug-likeness (QED) is 0.800. The summed E-state index contributed by atoms with van der Waals surface area (Å²) in [5.74, 6) is 0.255. The Labute approximate surface area is 95.7 Å². The summed E-state index contributed by atoms with van der Waals surface area (Å²) >= 11 is 0. The number of carbonyl (C=O) groups excluding carboxylic acids is 1. The number of amides is 1. The first kappa shape index (κ1) is 11.1. The van der Waals surface area contributed by atoms with E-state index in [1.54, 1.807) is 6.20 Å². The van der Waals surface area contributed by atoms with Gasteiger partial charge in [-0.15, -0.1) is 0 Å². The van der Waals surface area contributed by atoms with Gasteiger partial charge in [0.2, 0.25) is 5.91 Å². The predicted molar refractivity (Wildman–Crippen MR) is 61.8 cm³/mol. The van der Waals surface area contributed by atoms with Crippen molar-refractivity contribution in [3.05, 3.63) is 30.1 Å². The van der Waals surface area contributed by atoms with Crippen LogP contribution in [0.2, 0.25) is 0 Å². The van der Waals surface area contributed by atoms with Crippen molar-refractivity contribution < 1.29 is 4.79 Å². The molecule has 0 spiro atoms. The fourth-order valence-electron chi connectivity index (χ4n) is 1.87. The summed E-state index contributed by atoms with van der Waals surface area (Å²) in [5, 5.41) is 3.31. The van der Waals surface area contributed by atoms with Crippen molar-refractivity contribution in [1.29, 1.82) is 0 Å². The van der Waals surface area contributed by atoms with Gasteiger partial charge in [0.1, 0.15) is 0 Å². The number of pyridine rings is 1. The van der Waals surface area contributed by atoms with Gasteiger partial charge in [0.15, 0.2) is 0 Å². The van der Waals surface area contributed by atoms with E-state index in [0.29, 0.717) is 13.0 Å². The van der Waals surface area contributed by atoms with Gasteiger partial charge in [0.05, 0.1) is 0 Å². The van der Waals surface area contributed by atoms with Gasteiger partial charge >= 0.3 is 0 Å². The molecule has 86 valence electrons. The number of aromatic nitrogens is 1. The van der Waals surface area contributed by atoms with Crippen molar-refractivity contribution in [3.8, 4) is 0 Å². The monoisotopic (exact) mass is 219 g/mol. The molecule has 4 nitrogen and oxygen atoms in total. The summed E-state index contributed by atoms with van der Waals surface area (Å²) in [6.45, 7) is 3.29. The maximum Gasteiger partial charge on any atom is 0.222 e. The maximum atomic E-state index is 11.8. The molecule has 0 aliphatic carbocycles. The zero-order valence-corrected chi connectivity index (χ0v) is 9.35. The molecule has 0 atom stereocenters. The Morgan fingerprint density at radius 2 is 2.38 bits per heavy atom. The van der Waals surface area contributed by atoms with Gasteiger partial charge in [-0.1, -0.05) is 6.07 Å². The topological polar surface area (TPSA) is 45.2 Å². The molecule has 0 unspecified atom stereocenters. The lowest BCUT2D eigenvalue weighted by Crippen LogP contribution is -2.39. The van der Waals surface area contributed by atoms with Crippen LogP contribution in [0.5, 0.6) is 0 Å². The van der Waals surface area contributed by atoms with E-state index in [9.17, 15) is 4.79 Å². The Bertz CT molecular complexity index is 339. The Hall–Kier alpha value is -1.42. The van der Waals surface area contributed by atoms with Crippen LogP contribution in [0.25, 0.3) is 0 Å². The lowest BCUT2D eigenvalue weighted by Gasteiger charge is -2.25. The van der Waals surface area contributed by atoms with Crippen molar-refractivity contribution in [2.45, 2.75) is 19.4 Å². The summed E-state index contributed by atoms with van der Waals surface area (Å²) in [6, 6.07) is 3.91. The van der Waals surface area contributed by atoms with Crippen LogP contribution in [0.4, 0.5) is 0 Å². The van der Waals surface area contributed by atoms with Gasteiger partial charge in [-0.2, -0.15) is 0 Å². The summed E-state index contributed by atoms with van der Waals surface area (Å²) in [4.78, 5) is 17.8. The van der Waals surface area contributed by atoms with Gasteiger partial charge < -0.3 is 10.2 Å². The first-order valence-electron chi connectivity index (χ1n) is 5.73. The van der Waals surface area contributed by atoms with Gasteiger partial charge in [-0.3, -0.25) is 9.78 Å². The molecule has 1 aromatic heterocycles. The summed E-state index contributed by atoms with van der Waals surface area (Å²) in [6.07, 6.45) is 5.15. The Balaban J connectivity index is 1.98. The molecule has 1 amide bonds. The van der Waals surface area contributed by atoms with Gasteiger partial charge in [-0.05, 0) is 24.6 Å². The molecule has 1 fully saturated rings. The molecule has 1 saturated heterocycles. The third-order valence-electron chi connectivity index (χ3n) is 2.75. The molecule has 4 heteroatoms. The molecule has 1 aliphatic rings. The molecule has 1 aliphatic heterocycles. The number of carbonyl (C=O) groups is 1. The van der Waals surface area contributed by atoms with E-state index in [-0.39, 0.29) is 5.91 Å². The summed E-state index contributed by atoms with van der Waals surface area (Å²) in [7, 11) is 0. The van der Waals surface area contributed by atoms with Crippen LogP contribution in [-0.4, -0.2) is 35.4 Å². The van der Waals surface area contributed by atoms with E-state index in [0.717, 1.165) is 31.6 Å². The maximum absolute atomic E-state index is 11.8. The number of hydrogen-bond donors (Lipinski definition) is 1. The zero-order valence-electron chi connectivity index (χ0n) is 9.35. The minimum atomic E-state index is 0.255. The van der Waals surface area contributed by atoms with Crippen LogP contribution in [0.15, 0.2) is 24.5 Å². The zero-order chi connectivity index (χ0) is 11.2. The second-order valence-electron chi connectivity index (χ2n) is 4.03. The highest BCUT2D eigenvalue weighted by atomic mass is 16.2. The first-order valence-corrected chi connectivity index (χ1v) is 5.73. The lowest BCUT2D eigenvalue weighted by atomic mass is 10.2. The molecule has 0 aromatic carbocycles. The molecule has 0 bridgehead atoms. The van der Waals surface area contributed by atoms with Crippen molar-refractivity contribution in [1.82, 2.24) is 15.2 Å². The van der Waals surface area contributed by atoms with Crippen LogP contribution in [0.1, 0.15) is 18.4 Å². The van der Waals surface area contributed by atoms with E-state index in [1.165, 1.54) is 0 Å². The number of nitrogens with one attached hydrogen (secondary N) is 1. The largest absolute Gasteiger partial charge is 0.337 e. The second kappa shape index (κ2) is 5.61. The van der Waals surface area contributed by atoms with Crippen LogP contribution < -0.4 is 5.32 Å². The van der Waals surface area contributed by atoms with Crippen LogP contribution >= 0.6 is 0 Å². The fraction of sp³-hybridized carbons (Fsp3) is 0.500. The average Bonchev–Trinajstić information content (AvgIpc) is 2.30. The Morgan fingerprint density at radius 1 is 1.44 bits per heavy atom. The van der Waals surface area contributed by atoms with E-state index in [4.69, 9.17) is 0 Å². The molecule has 0 radical (unpaired) electrons. The standard InChI is InChI=1S/C12H17N3O/c16-12-4-2-5-13-7-8-15(12)10-11-3-1-6-14-9-11/h1,3,6,9,13H,2,4-5,7-8,10H2. The summed E-state index contributed by atoms with van der Waals surface area (Å²) < 4.78 is 0. The average molecular weight is 219 g/mol. The minimum Gasteiger partial charge on any atom is -0.337 e. The molecule has 2 rings (SSSR count). The van der Waals surface area contributed by atoms with Crippen molar-refractivity contribution >= 4 is 5.91 Å². The summed E-state index contributed by atoms with van der Waals surface area (Å²) in [5.41, 5.74) is 1.09. The van der Waals surface area contributed by atoms with Gasteiger partial charge in [-0.25, -0.2) is 0 Å². The highest BCUT2D eigenvalue weighted by Gasteiger charge is 2.15. The van der Waals surface area contributed by atoms with Crippen molar-refractivity contribution in [3.63, 3.8) is 0 Å². The second-order valence-corrected chi connectivity index (χ2v) is 4.03. The molecule has 16 heavy (non-hydrogen) atoms. The molecule has 2 heterocycles. The Morgan fingerprint density at radius 3 is 3.19 bits per heavy atom. The normalized spacial score (nSPS) is 18.0. The highest BCUT2D eigenvalue weighted by molar-refractivity contribution is 5.76. The van der Waals surface area contributed by atoms with Crippen molar-refractivity contribution in [2.24, 2.45) is 0 Å². The third-order valence-corrected chi connectivity index (χ3v) is 2.75. The third kappa shape index (κ3) is 3.03. The van der Waals surface area contributed by atoms with E-state index in [2.05, 4.69) is 10.3 Å². The van der Waals surface area contributed by atoms with E-state index < -0.39 is 0 Å². The predicted octanol–water partition coefficient (Wildman–Crippen LogP) is 0.794. The SMILES string of the molecule is O=C1CCCNCCN1Cc1cccnc1. The van der Waals surface area contributed by atoms with Gasteiger partial charge in [0, 0.05) is 38.4 Å². The number of nitrogens with zero attached hydrogens (tertiary/aromatic N) is 2. The smallest absolute Gasteiger partial charge is 0.222 e. The van der Waals surface area contributed by atoms with E-state index in [1.807, 2.05) is 23.2 Å². The molecular weight excluding hydrogens is 202 g/mol. The first-order chi connectivity index (χ1) is 7.86. The number of rotatable bonds is 2. The van der Waals surface area contributed by atoms with Crippen molar-refractivity contribution in [2.75, 3.05) is 19.6 Å². The fourth-order valence-corrected chi connectivity index (χ4v) is 1.87.